The summed E-state index contributed by atoms with van der Waals surface area (Å²) in [5, 5.41) is 36.2. The third-order valence-electron chi connectivity index (χ3n) is 13.7. The first kappa shape index (κ1) is 52.6. The van der Waals surface area contributed by atoms with Crippen LogP contribution in [0.5, 0.6) is 0 Å². The van der Waals surface area contributed by atoms with Crippen LogP contribution in [-0.4, -0.2) is 122 Å². The van der Waals surface area contributed by atoms with Gasteiger partial charge in [-0.1, -0.05) is 37.3 Å². The zero-order valence-electron chi connectivity index (χ0n) is 40.6. The van der Waals surface area contributed by atoms with Gasteiger partial charge in [0, 0.05) is 54.1 Å². The van der Waals surface area contributed by atoms with E-state index in [4.69, 9.17) is 9.72 Å². The monoisotopic (exact) mass is 1030 g/mol. The van der Waals surface area contributed by atoms with Crippen LogP contribution in [-0.2, 0) is 84.3 Å². The number of cyclic esters (lactones) is 1. The van der Waals surface area contributed by atoms with Crippen LogP contribution in [0.3, 0.4) is 0 Å². The fourth-order valence-corrected chi connectivity index (χ4v) is 9.77. The van der Waals surface area contributed by atoms with E-state index in [1.807, 2.05) is 0 Å². The average molecular weight is 1030 g/mol. The van der Waals surface area contributed by atoms with Gasteiger partial charge in [-0.05, 0) is 60.9 Å². The van der Waals surface area contributed by atoms with Gasteiger partial charge in [0.2, 0.25) is 35.4 Å². The molecule has 0 bridgehead atoms. The SMILES string of the molecule is CC[C@@]1(O)C(=O)OCc2c1cc1n(c2=O)Cc2c-1nc1cc(F)c(C)c3c1c2[C@@H](NC(=O)CNC(=O)[C@H](Cc1ccccc1)NC(=O)CNC(=O)CNC(=O)[C@H](CC(=O)O)NC(=O)CCCN1C(=O)C=CC1=O)CC3. The number of benzene rings is 2. The summed E-state index contributed by atoms with van der Waals surface area (Å²) in [5.41, 5.74) is 1.38. The highest BCUT2D eigenvalue weighted by Gasteiger charge is 2.46. The van der Waals surface area contributed by atoms with Crippen molar-refractivity contribution < 1.29 is 67.3 Å². The number of aromatic nitrogens is 2. The molecule has 24 heteroatoms. The fourth-order valence-electron chi connectivity index (χ4n) is 9.77. The second kappa shape index (κ2) is 21.8. The molecule has 4 aromatic rings. The number of rotatable bonds is 20. The highest BCUT2D eigenvalue weighted by Crippen LogP contribution is 2.46. The number of nitrogens with zero attached hydrogens (tertiary/aromatic N) is 3. The normalized spacial score (nSPS) is 17.7. The van der Waals surface area contributed by atoms with E-state index in [1.165, 1.54) is 16.7 Å². The Kier molecular flexibility index (Phi) is 15.3. The summed E-state index contributed by atoms with van der Waals surface area (Å²) < 4.78 is 22.1. The number of carboxylic acid groups (broad SMARTS) is 1. The number of esters is 1. The second-order valence-corrected chi connectivity index (χ2v) is 18.5. The first-order chi connectivity index (χ1) is 35.8. The van der Waals surface area contributed by atoms with E-state index in [0.29, 0.717) is 57.4 Å². The average Bonchev–Trinajstić information content (AvgIpc) is 3.95. The molecule has 2 aromatic carbocycles. The van der Waals surface area contributed by atoms with E-state index in [2.05, 4.69) is 31.9 Å². The molecular weight excluding hydrogens is 982 g/mol. The molecule has 8 amide bonds. The number of carbonyl (C=O) groups excluding carboxylic acids is 9. The Morgan fingerprint density at radius 2 is 1.52 bits per heavy atom. The first-order valence-corrected chi connectivity index (χ1v) is 24.1. The number of hydrogen-bond donors (Lipinski definition) is 8. The summed E-state index contributed by atoms with van der Waals surface area (Å²) in [6.45, 7) is 0.831. The second-order valence-electron chi connectivity index (χ2n) is 18.5. The number of nitrogens with one attached hydrogen (secondary N) is 6. The van der Waals surface area contributed by atoms with Crippen molar-refractivity contribution >= 4 is 70.1 Å². The summed E-state index contributed by atoms with van der Waals surface area (Å²) in [6, 6.07) is 7.84. The number of hydrogen-bond acceptors (Lipinski definition) is 14. The molecule has 8 N–H and O–H groups in total. The summed E-state index contributed by atoms with van der Waals surface area (Å²) in [7, 11) is 0. The molecule has 0 spiro atoms. The maximum absolute atomic E-state index is 15.5. The van der Waals surface area contributed by atoms with Crippen molar-refractivity contribution in [3.05, 3.63) is 110 Å². The molecule has 5 heterocycles. The molecule has 0 saturated heterocycles. The molecule has 0 unspecified atom stereocenters. The Bertz CT molecular complexity index is 3180. The predicted molar refractivity (Wildman–Crippen MR) is 259 cm³/mol. The van der Waals surface area contributed by atoms with Gasteiger partial charge in [-0.2, -0.15) is 0 Å². The zero-order valence-corrected chi connectivity index (χ0v) is 40.6. The van der Waals surface area contributed by atoms with Crippen LogP contribution in [0, 0.1) is 12.7 Å². The van der Waals surface area contributed by atoms with E-state index in [1.54, 1.807) is 44.2 Å². The quantitative estimate of drug-likeness (QED) is 0.0356. The van der Waals surface area contributed by atoms with Crippen LogP contribution >= 0.6 is 0 Å². The van der Waals surface area contributed by atoms with E-state index in [9.17, 15) is 63.0 Å². The number of imide groups is 1. The van der Waals surface area contributed by atoms with Gasteiger partial charge < -0.3 is 51.4 Å². The molecule has 2 aromatic heterocycles. The number of ether oxygens (including phenoxy) is 1. The standard InChI is InChI=1S/C51H52FN9O14/c1-3-51(74)30-17-36-46-28(23-61(36)49(72)29(30)24-75-50(51)73)45-32(12-11-27-25(2)31(52)18-33(59-46)44(27)45)56-40(65)22-55-47(70)34(16-26-8-5-4-6-9-26)58-39(64)21-53-38(63)20-54-48(71)35(19-43(68)69)57-37(62)10-7-15-60-41(66)13-14-42(60)67/h4-6,8-9,13-14,17-18,32,34-35,74H,3,7,10-12,15-16,19-24H2,1-2H3,(H,53,63)(H,54,71)(H,55,70)(H,56,65)(H,57,62)(H,58,64)(H,68,69)/t32-,34-,35-,51-/m0/s1. The molecule has 0 radical (unpaired) electrons. The Morgan fingerprint density at radius 3 is 2.21 bits per heavy atom. The number of fused-ring (bicyclic) bond motifs is 5. The molecule has 0 saturated carbocycles. The topological polar surface area (TPSA) is 331 Å². The predicted octanol–water partition coefficient (Wildman–Crippen LogP) is -0.629. The first-order valence-electron chi connectivity index (χ1n) is 24.1. The maximum Gasteiger partial charge on any atom is 0.343 e. The molecular formula is C51H52FN9O14. The van der Waals surface area contributed by atoms with E-state index in [0.717, 1.165) is 17.1 Å². The summed E-state index contributed by atoms with van der Waals surface area (Å²) in [5.74, 6) is -8.81. The Morgan fingerprint density at radius 1 is 0.853 bits per heavy atom. The van der Waals surface area contributed by atoms with Crippen LogP contribution in [0.15, 0.2) is 59.4 Å². The number of halogens is 1. The highest BCUT2D eigenvalue weighted by molar-refractivity contribution is 6.13. The molecule has 23 nitrogen and oxygen atoms in total. The number of carbonyl (C=O) groups is 10. The van der Waals surface area contributed by atoms with Crippen molar-refractivity contribution in [2.75, 3.05) is 26.2 Å². The number of carboxylic acids is 1. The van der Waals surface area contributed by atoms with Gasteiger partial charge in [0.25, 0.3) is 17.4 Å². The molecule has 0 fully saturated rings. The van der Waals surface area contributed by atoms with Crippen LogP contribution in [0.1, 0.15) is 84.0 Å². The van der Waals surface area contributed by atoms with E-state index >= 15 is 4.39 Å². The lowest BCUT2D eigenvalue weighted by Gasteiger charge is -2.31. The number of aryl methyl sites for hydroxylation is 1. The van der Waals surface area contributed by atoms with Crippen molar-refractivity contribution in [1.82, 2.24) is 46.4 Å². The van der Waals surface area contributed by atoms with Gasteiger partial charge >= 0.3 is 11.9 Å². The van der Waals surface area contributed by atoms with Crippen LogP contribution in [0.25, 0.3) is 22.3 Å². The van der Waals surface area contributed by atoms with Crippen molar-refractivity contribution in [3.63, 3.8) is 0 Å². The van der Waals surface area contributed by atoms with Crippen molar-refractivity contribution in [2.24, 2.45) is 0 Å². The van der Waals surface area contributed by atoms with Crippen LogP contribution in [0.2, 0.25) is 0 Å². The Balaban J connectivity index is 0.897. The van der Waals surface area contributed by atoms with Crippen LogP contribution < -0.4 is 37.5 Å². The molecule has 4 atom stereocenters. The molecule has 75 heavy (non-hydrogen) atoms. The van der Waals surface area contributed by atoms with Gasteiger partial charge in [-0.25, -0.2) is 14.2 Å². The van der Waals surface area contributed by atoms with Gasteiger partial charge in [0.1, 0.15) is 24.5 Å². The number of pyridine rings is 2. The minimum absolute atomic E-state index is 0.00544. The minimum Gasteiger partial charge on any atom is -0.481 e. The van der Waals surface area contributed by atoms with Gasteiger partial charge in [-0.3, -0.25) is 52.8 Å². The molecule has 1 aliphatic carbocycles. The summed E-state index contributed by atoms with van der Waals surface area (Å²) in [6.07, 6.45) is 1.62. The molecule has 4 aliphatic rings. The smallest absolute Gasteiger partial charge is 0.343 e. The third-order valence-corrected chi connectivity index (χ3v) is 13.7. The fraction of sp³-hybridized carbons (Fsp3) is 0.373. The highest BCUT2D eigenvalue weighted by atomic mass is 19.1. The largest absolute Gasteiger partial charge is 0.481 e. The summed E-state index contributed by atoms with van der Waals surface area (Å²) in [4.78, 5) is 146. The van der Waals surface area contributed by atoms with Gasteiger partial charge in [0.15, 0.2) is 5.60 Å². The van der Waals surface area contributed by atoms with Gasteiger partial charge in [-0.15, -0.1) is 0 Å². The number of amides is 8. The molecule has 392 valence electrons. The van der Waals surface area contributed by atoms with Gasteiger partial charge in [0.05, 0.1) is 61.1 Å². The third kappa shape index (κ3) is 11.0. The van der Waals surface area contributed by atoms with Crippen molar-refractivity contribution in [1.29, 1.82) is 0 Å². The number of aliphatic hydroxyl groups is 1. The Hall–Kier alpha value is -8.67. The maximum atomic E-state index is 15.5. The summed E-state index contributed by atoms with van der Waals surface area (Å²) >= 11 is 0. The lowest BCUT2D eigenvalue weighted by atomic mass is 9.81. The number of aliphatic carboxylic acids is 1. The van der Waals surface area contributed by atoms with E-state index in [-0.39, 0.29) is 62.0 Å². The zero-order chi connectivity index (χ0) is 53.9. The van der Waals surface area contributed by atoms with E-state index < -0.39 is 120 Å². The lowest BCUT2D eigenvalue weighted by molar-refractivity contribution is -0.172. The van der Waals surface area contributed by atoms with Crippen LogP contribution in [0.4, 0.5) is 4.39 Å². The van der Waals surface area contributed by atoms with Crippen molar-refractivity contribution in [3.8, 4) is 11.4 Å². The lowest BCUT2D eigenvalue weighted by Crippen LogP contribution is -2.53. The van der Waals surface area contributed by atoms with Crippen molar-refractivity contribution in [2.45, 2.75) is 95.7 Å². The minimum atomic E-state index is -2.08. The molecule has 3 aliphatic heterocycles. The Labute approximate surface area is 425 Å². The molecule has 8 rings (SSSR count).